The number of halogens is 1. The predicted molar refractivity (Wildman–Crippen MR) is 143 cm³/mol. The van der Waals surface area contributed by atoms with Crippen molar-refractivity contribution in [2.45, 2.75) is 19.9 Å². The highest BCUT2D eigenvalue weighted by Gasteiger charge is 2.28. The maximum absolute atomic E-state index is 12.9. The Hall–Kier alpha value is -2.92. The normalized spacial score (nSPS) is 15.1. The molecule has 0 bridgehead atoms. The standard InChI is InChI=1S/C26H31N5O3.ClH.H2O/c1-20-19-24(25(31(33)34)21(2)27-20)30(32)18-15-28-13-16-29(17-14-28)26(22-9-5-3-6-10-22)23-11-7-4-8-12-23;;/h3-12,19,26,30H,13-18H2,1-2H3;1H;1H2. The highest BCUT2D eigenvalue weighted by atomic mass is 35.5. The number of rotatable bonds is 8. The first-order valence-corrected chi connectivity index (χ1v) is 11.7. The maximum atomic E-state index is 12.9. The van der Waals surface area contributed by atoms with E-state index in [0.29, 0.717) is 12.2 Å². The van der Waals surface area contributed by atoms with Crippen LogP contribution >= 0.6 is 12.4 Å². The van der Waals surface area contributed by atoms with E-state index in [0.717, 1.165) is 26.2 Å². The smallest absolute Gasteiger partial charge is 0.350 e. The number of nitrogens with one attached hydrogen (secondary N) is 1. The quantitative estimate of drug-likeness (QED) is 0.363. The van der Waals surface area contributed by atoms with Crippen LogP contribution < -0.4 is 5.06 Å². The lowest BCUT2D eigenvalue weighted by Crippen LogP contribution is -3.03. The SMILES string of the molecule is Cc1cc([NH+]([O-])CCN2CCN(C(c3ccccc3)c3ccccc3)CC2)c([N+](=O)[O-])c(C)n1.Cl.O. The molecule has 0 amide bonds. The van der Waals surface area contributed by atoms with Crippen LogP contribution in [0.4, 0.5) is 11.4 Å². The van der Waals surface area contributed by atoms with E-state index in [1.807, 2.05) is 12.1 Å². The zero-order valence-corrected chi connectivity index (χ0v) is 21.4. The minimum atomic E-state index is -0.499. The van der Waals surface area contributed by atoms with E-state index >= 15 is 0 Å². The zero-order chi connectivity index (χ0) is 24.1. The van der Waals surface area contributed by atoms with Crippen molar-refractivity contribution in [2.75, 3.05) is 39.3 Å². The number of nitrogens with zero attached hydrogens (tertiary/aromatic N) is 4. The summed E-state index contributed by atoms with van der Waals surface area (Å²) >= 11 is 0. The van der Waals surface area contributed by atoms with Gasteiger partial charge in [-0.1, -0.05) is 60.7 Å². The van der Waals surface area contributed by atoms with Gasteiger partial charge in [-0.25, -0.2) is 0 Å². The first-order valence-electron chi connectivity index (χ1n) is 11.7. The van der Waals surface area contributed by atoms with Gasteiger partial charge in [-0.05, 0) is 25.0 Å². The largest absolute Gasteiger partial charge is 0.629 e. The number of hydrogen-bond acceptors (Lipinski definition) is 6. The highest BCUT2D eigenvalue weighted by Crippen LogP contribution is 2.29. The number of quaternary nitrogens is 1. The Morgan fingerprint density at radius 1 is 0.972 bits per heavy atom. The van der Waals surface area contributed by atoms with Crippen LogP contribution in [-0.4, -0.2) is 64.5 Å². The van der Waals surface area contributed by atoms with E-state index in [1.165, 1.54) is 17.2 Å². The molecule has 0 saturated carbocycles. The van der Waals surface area contributed by atoms with Crippen LogP contribution in [0.3, 0.4) is 0 Å². The Morgan fingerprint density at radius 2 is 1.50 bits per heavy atom. The molecule has 0 aliphatic carbocycles. The van der Waals surface area contributed by atoms with Crippen LogP contribution in [-0.2, 0) is 0 Å². The summed E-state index contributed by atoms with van der Waals surface area (Å²) < 4.78 is 0. The summed E-state index contributed by atoms with van der Waals surface area (Å²) in [6.45, 7) is 7.64. The highest BCUT2D eigenvalue weighted by molar-refractivity contribution is 5.85. The van der Waals surface area contributed by atoms with Crippen molar-refractivity contribution in [1.29, 1.82) is 0 Å². The second-order valence-corrected chi connectivity index (χ2v) is 8.78. The monoisotopic (exact) mass is 515 g/mol. The molecule has 4 rings (SSSR count). The summed E-state index contributed by atoms with van der Waals surface area (Å²) in [6.07, 6.45) is 0. The number of aromatic nitrogens is 1. The topological polar surface area (TPSA) is 122 Å². The fourth-order valence-corrected chi connectivity index (χ4v) is 4.79. The van der Waals surface area contributed by atoms with Crippen molar-refractivity contribution in [3.8, 4) is 0 Å². The number of pyridine rings is 1. The number of piperazine rings is 1. The number of hydroxylamine groups is 1. The van der Waals surface area contributed by atoms with E-state index in [2.05, 4.69) is 63.3 Å². The van der Waals surface area contributed by atoms with Gasteiger partial charge in [0.15, 0.2) is 0 Å². The van der Waals surface area contributed by atoms with Gasteiger partial charge in [0.25, 0.3) is 0 Å². The average molecular weight is 516 g/mol. The lowest BCUT2D eigenvalue weighted by atomic mass is 9.96. The summed E-state index contributed by atoms with van der Waals surface area (Å²) in [5.74, 6) is 0. The number of hydrogen-bond donors (Lipinski definition) is 1. The summed E-state index contributed by atoms with van der Waals surface area (Å²) in [6, 6.07) is 22.8. The molecule has 3 aromatic rings. The third kappa shape index (κ3) is 6.85. The van der Waals surface area contributed by atoms with Crippen LogP contribution in [0.15, 0.2) is 66.7 Å². The number of benzene rings is 2. The van der Waals surface area contributed by atoms with Crippen molar-refractivity contribution >= 4 is 23.8 Å². The molecule has 9 nitrogen and oxygen atoms in total. The Balaban J connectivity index is 0.00000228. The molecule has 1 aliphatic heterocycles. The molecule has 2 aromatic carbocycles. The summed E-state index contributed by atoms with van der Waals surface area (Å²) in [7, 11) is 0. The fourth-order valence-electron chi connectivity index (χ4n) is 4.79. The molecule has 1 saturated heterocycles. The van der Waals surface area contributed by atoms with Crippen molar-refractivity contribution in [3.63, 3.8) is 0 Å². The molecule has 10 heteroatoms. The Kier molecular flexibility index (Phi) is 10.9. The molecule has 0 radical (unpaired) electrons. The van der Waals surface area contributed by atoms with Gasteiger partial charge in [-0.2, -0.15) is 0 Å². The van der Waals surface area contributed by atoms with E-state index in [-0.39, 0.29) is 52.6 Å². The van der Waals surface area contributed by atoms with Gasteiger partial charge < -0.3 is 15.7 Å². The maximum Gasteiger partial charge on any atom is 0.350 e. The molecule has 194 valence electrons. The first-order chi connectivity index (χ1) is 16.4. The van der Waals surface area contributed by atoms with Crippen LogP contribution in [0.1, 0.15) is 28.6 Å². The fraction of sp³-hybridized carbons (Fsp3) is 0.346. The van der Waals surface area contributed by atoms with Gasteiger partial charge in [0, 0.05) is 44.5 Å². The van der Waals surface area contributed by atoms with Crippen LogP contribution in [0.5, 0.6) is 0 Å². The van der Waals surface area contributed by atoms with Crippen molar-refractivity contribution in [2.24, 2.45) is 0 Å². The van der Waals surface area contributed by atoms with E-state index in [9.17, 15) is 15.3 Å². The molecule has 0 spiro atoms. The van der Waals surface area contributed by atoms with Crippen molar-refractivity contribution < 1.29 is 15.5 Å². The molecule has 1 atom stereocenters. The van der Waals surface area contributed by atoms with E-state index < -0.39 is 4.92 Å². The summed E-state index contributed by atoms with van der Waals surface area (Å²) in [5, 5.41) is 24.2. The molecule has 1 fully saturated rings. The molecule has 1 aromatic heterocycles. The van der Waals surface area contributed by atoms with Gasteiger partial charge in [0.2, 0.25) is 5.69 Å². The second-order valence-electron chi connectivity index (χ2n) is 8.78. The molecule has 2 heterocycles. The van der Waals surface area contributed by atoms with E-state index in [4.69, 9.17) is 0 Å². The number of aryl methyl sites for hydroxylation is 2. The van der Waals surface area contributed by atoms with Crippen LogP contribution in [0.25, 0.3) is 0 Å². The molecule has 1 unspecified atom stereocenters. The van der Waals surface area contributed by atoms with Gasteiger partial charge in [0.05, 0.1) is 17.5 Å². The first kappa shape index (κ1) is 29.3. The third-order valence-corrected chi connectivity index (χ3v) is 6.44. The van der Waals surface area contributed by atoms with Crippen LogP contribution in [0, 0.1) is 29.2 Å². The molecule has 36 heavy (non-hydrogen) atoms. The Labute approximate surface area is 217 Å². The summed E-state index contributed by atoms with van der Waals surface area (Å²) in [5.41, 5.74) is 3.44. The molecular formula is C26H34ClN5O4. The average Bonchev–Trinajstić information content (AvgIpc) is 2.84. The van der Waals surface area contributed by atoms with Crippen LogP contribution in [0.2, 0.25) is 0 Å². The van der Waals surface area contributed by atoms with Gasteiger partial charge >= 0.3 is 5.69 Å². The zero-order valence-electron chi connectivity index (χ0n) is 20.6. The summed E-state index contributed by atoms with van der Waals surface area (Å²) in [4.78, 5) is 19.9. The Morgan fingerprint density at radius 3 is 2.00 bits per heavy atom. The van der Waals surface area contributed by atoms with Gasteiger partial charge in [0.1, 0.15) is 5.69 Å². The lowest BCUT2D eigenvalue weighted by molar-refractivity contribution is -0.777. The number of nitro groups is 1. The van der Waals surface area contributed by atoms with Gasteiger partial charge in [-0.3, -0.25) is 24.9 Å². The van der Waals surface area contributed by atoms with E-state index in [1.54, 1.807) is 13.8 Å². The van der Waals surface area contributed by atoms with Crippen molar-refractivity contribution in [1.82, 2.24) is 14.8 Å². The Bertz CT molecular complexity index is 1070. The second kappa shape index (κ2) is 13.4. The van der Waals surface area contributed by atoms with Gasteiger partial charge in [-0.15, -0.1) is 12.4 Å². The molecule has 1 aliphatic rings. The minimum Gasteiger partial charge on any atom is -0.629 e. The predicted octanol–water partition coefficient (Wildman–Crippen LogP) is 2.63. The lowest BCUT2D eigenvalue weighted by Gasteiger charge is -2.40. The minimum absolute atomic E-state index is 0. The van der Waals surface area contributed by atoms with Crippen molar-refractivity contribution in [3.05, 3.63) is 105 Å². The third-order valence-electron chi connectivity index (χ3n) is 6.44. The molecular weight excluding hydrogens is 482 g/mol. The molecule has 3 N–H and O–H groups in total.